The average molecular weight is 265 g/mol. The molecule has 0 N–H and O–H groups in total. The van der Waals surface area contributed by atoms with Crippen LogP contribution in [0.15, 0.2) is 0 Å². The van der Waals surface area contributed by atoms with Crippen molar-refractivity contribution in [3.63, 3.8) is 0 Å². The van der Waals surface area contributed by atoms with Gasteiger partial charge in [0.15, 0.2) is 0 Å². The number of methoxy groups -OCH3 is 1. The molecule has 0 bridgehead atoms. The molecule has 0 aliphatic heterocycles. The third-order valence-corrected chi connectivity index (χ3v) is 2.48. The van der Waals surface area contributed by atoms with Crippen molar-refractivity contribution < 1.29 is 69.1 Å². The monoisotopic (exact) mass is 265 g/mol. The number of rotatable bonds is 8. The Bertz CT molecular complexity index is 167. The minimum Gasteiger partial charge on any atom is -0.448 e. The second-order valence-corrected chi connectivity index (χ2v) is 3.67. The van der Waals surface area contributed by atoms with Crippen molar-refractivity contribution in [3.8, 4) is 0 Å². The van der Waals surface area contributed by atoms with Crippen molar-refractivity contribution in [1.82, 2.24) is 4.90 Å². The minimum absolute atomic E-state index is 0. The molecule has 0 rings (SSSR count). The first-order valence-electron chi connectivity index (χ1n) is 5.38. The van der Waals surface area contributed by atoms with Gasteiger partial charge in [0.25, 0.3) is 0 Å². The zero-order valence-electron chi connectivity index (χ0n) is 10.7. The van der Waals surface area contributed by atoms with Crippen LogP contribution in [0.25, 0.3) is 0 Å². The Balaban J connectivity index is 0. The van der Waals surface area contributed by atoms with E-state index in [1.165, 1.54) is 12.0 Å². The van der Waals surface area contributed by atoms with Crippen LogP contribution in [0.2, 0.25) is 0 Å². The van der Waals surface area contributed by atoms with E-state index in [4.69, 9.17) is 4.74 Å². The molecular weight excluding hydrogens is 245 g/mol. The van der Waals surface area contributed by atoms with Crippen molar-refractivity contribution in [2.24, 2.45) is 0 Å². The molecule has 0 heterocycles. The van der Waals surface area contributed by atoms with E-state index in [2.05, 4.69) is 0 Å². The molecule has 0 fully saturated rings. The fourth-order valence-electron chi connectivity index (χ4n) is 1.70. The molecule has 0 radical (unpaired) electrons. The summed E-state index contributed by atoms with van der Waals surface area (Å²) in [6.07, 6.45) is 0.703. The van der Waals surface area contributed by atoms with Crippen molar-refractivity contribution in [2.75, 3.05) is 26.7 Å². The van der Waals surface area contributed by atoms with E-state index < -0.39 is 13.4 Å². The van der Waals surface area contributed by atoms with Crippen LogP contribution in [-0.4, -0.2) is 44.6 Å². The summed E-state index contributed by atoms with van der Waals surface area (Å²) in [7, 11) is 1.50. The molecular formula is C9H20BF3KNO. The van der Waals surface area contributed by atoms with Gasteiger partial charge >= 0.3 is 58.4 Å². The van der Waals surface area contributed by atoms with Crippen LogP contribution in [0.5, 0.6) is 0 Å². The largest absolute Gasteiger partial charge is 1.00 e. The summed E-state index contributed by atoms with van der Waals surface area (Å²) in [5, 5.41) is 0. The number of hydrogen-bond donors (Lipinski definition) is 0. The summed E-state index contributed by atoms with van der Waals surface area (Å²) in [5.74, 6) is 0. The summed E-state index contributed by atoms with van der Waals surface area (Å²) in [4.78, 5) is 1.48. The summed E-state index contributed by atoms with van der Waals surface area (Å²) < 4.78 is 41.9. The summed E-state index contributed by atoms with van der Waals surface area (Å²) in [6.45, 7) is -0.214. The third-order valence-electron chi connectivity index (χ3n) is 2.48. The van der Waals surface area contributed by atoms with Gasteiger partial charge in [0.2, 0.25) is 0 Å². The molecule has 0 aliphatic rings. The first-order valence-corrected chi connectivity index (χ1v) is 5.38. The van der Waals surface area contributed by atoms with Crippen molar-refractivity contribution >= 4 is 6.98 Å². The molecule has 0 spiro atoms. The van der Waals surface area contributed by atoms with E-state index in [1.807, 2.05) is 13.8 Å². The molecule has 0 aromatic rings. The van der Waals surface area contributed by atoms with Gasteiger partial charge < -0.3 is 22.6 Å². The number of halogens is 3. The van der Waals surface area contributed by atoms with Gasteiger partial charge in [-0.3, -0.25) is 0 Å². The Hall–Kier alpha value is 1.41. The normalized spacial score (nSPS) is 12.0. The third kappa shape index (κ3) is 9.44. The van der Waals surface area contributed by atoms with E-state index in [9.17, 15) is 12.9 Å². The first kappa shape index (κ1) is 19.7. The number of ether oxygens (including phenoxy) is 1. The first-order chi connectivity index (χ1) is 6.94. The zero-order valence-corrected chi connectivity index (χ0v) is 13.8. The Morgan fingerprint density at radius 1 is 1.19 bits per heavy atom. The molecule has 92 valence electrons. The average Bonchev–Trinajstić information content (AvgIpc) is 2.13. The summed E-state index contributed by atoms with van der Waals surface area (Å²) >= 11 is 0. The summed E-state index contributed by atoms with van der Waals surface area (Å²) in [5.41, 5.74) is 0. The SMILES string of the molecule is CCC(CC)N(CCOC)C[B-](F)(F)F.[K+]. The Kier molecular flexibility index (Phi) is 12.8. The van der Waals surface area contributed by atoms with Crippen molar-refractivity contribution in [1.29, 1.82) is 0 Å². The van der Waals surface area contributed by atoms with Gasteiger partial charge in [-0.1, -0.05) is 13.8 Å². The Labute approximate surface area is 139 Å². The predicted molar refractivity (Wildman–Crippen MR) is 56.9 cm³/mol. The van der Waals surface area contributed by atoms with E-state index in [-0.39, 0.29) is 57.4 Å². The van der Waals surface area contributed by atoms with Crippen LogP contribution in [0, 0.1) is 0 Å². The fourth-order valence-corrected chi connectivity index (χ4v) is 1.70. The molecule has 0 amide bonds. The molecule has 0 saturated heterocycles. The molecule has 2 nitrogen and oxygen atoms in total. The van der Waals surface area contributed by atoms with Crippen LogP contribution in [0.4, 0.5) is 12.9 Å². The van der Waals surface area contributed by atoms with Gasteiger partial charge in [0.05, 0.1) is 6.61 Å². The van der Waals surface area contributed by atoms with E-state index in [0.29, 0.717) is 13.2 Å². The maximum atomic E-state index is 12.3. The van der Waals surface area contributed by atoms with Crippen molar-refractivity contribution in [2.45, 2.75) is 32.7 Å². The van der Waals surface area contributed by atoms with Crippen LogP contribution < -0.4 is 51.4 Å². The van der Waals surface area contributed by atoms with Gasteiger partial charge in [0, 0.05) is 19.7 Å². The van der Waals surface area contributed by atoms with Gasteiger partial charge in [-0.25, -0.2) is 0 Å². The maximum absolute atomic E-state index is 12.3. The van der Waals surface area contributed by atoms with Gasteiger partial charge in [-0.2, -0.15) is 0 Å². The number of nitrogens with zero attached hydrogens (tertiary/aromatic N) is 1. The molecule has 0 unspecified atom stereocenters. The fraction of sp³-hybridized carbons (Fsp3) is 1.00. The number of hydrogen-bond acceptors (Lipinski definition) is 2. The maximum Gasteiger partial charge on any atom is 1.00 e. The van der Waals surface area contributed by atoms with Crippen LogP contribution in [-0.2, 0) is 4.74 Å². The molecule has 0 atom stereocenters. The molecule has 0 aliphatic carbocycles. The Morgan fingerprint density at radius 2 is 1.69 bits per heavy atom. The Morgan fingerprint density at radius 3 is 2.00 bits per heavy atom. The van der Waals surface area contributed by atoms with Gasteiger partial charge in [0.1, 0.15) is 0 Å². The molecule has 7 heteroatoms. The van der Waals surface area contributed by atoms with Crippen LogP contribution >= 0.6 is 0 Å². The van der Waals surface area contributed by atoms with Gasteiger partial charge in [-0.15, -0.1) is 0 Å². The smallest absolute Gasteiger partial charge is 0.448 e. The topological polar surface area (TPSA) is 12.5 Å². The molecule has 16 heavy (non-hydrogen) atoms. The van der Waals surface area contributed by atoms with Crippen molar-refractivity contribution in [3.05, 3.63) is 0 Å². The van der Waals surface area contributed by atoms with Crippen LogP contribution in [0.3, 0.4) is 0 Å². The quantitative estimate of drug-likeness (QED) is 0.549. The van der Waals surface area contributed by atoms with E-state index in [1.54, 1.807) is 0 Å². The minimum atomic E-state index is -4.74. The zero-order chi connectivity index (χ0) is 11.9. The van der Waals surface area contributed by atoms with Crippen LogP contribution in [0.1, 0.15) is 26.7 Å². The van der Waals surface area contributed by atoms with E-state index in [0.717, 1.165) is 12.8 Å². The molecule has 0 saturated carbocycles. The second kappa shape index (κ2) is 10.3. The summed E-state index contributed by atoms with van der Waals surface area (Å²) in [6, 6.07) is 0.00338. The standard InChI is InChI=1S/C9H20BF3NO.K/c1-4-9(5-2)14(6-7-15-3)8-10(11,12)13;/h9H,4-8H2,1-3H3;/q-1;+1. The second-order valence-electron chi connectivity index (χ2n) is 3.67. The predicted octanol–water partition coefficient (Wildman–Crippen LogP) is -0.486. The van der Waals surface area contributed by atoms with Gasteiger partial charge in [-0.05, 0) is 19.3 Å². The molecule has 0 aromatic heterocycles. The molecule has 0 aromatic carbocycles. The van der Waals surface area contributed by atoms with E-state index >= 15 is 0 Å².